The third-order valence-corrected chi connectivity index (χ3v) is 15.5. The van der Waals surface area contributed by atoms with Crippen LogP contribution in [0.15, 0.2) is 182 Å². The number of rotatable bonds is 2. The Kier molecular flexibility index (Phi) is 6.57. The zero-order valence-corrected chi connectivity index (χ0v) is 35.5. The molecule has 0 N–H and O–H groups in total. The number of para-hydroxylation sites is 2. The van der Waals surface area contributed by atoms with Crippen molar-refractivity contribution < 1.29 is 0 Å². The number of hydrogen-bond acceptors (Lipinski definition) is 5. The monoisotopic (exact) mass is 818 g/mol. The molecule has 7 heteroatoms. The van der Waals surface area contributed by atoms with Crippen LogP contribution in [-0.2, 0) is 0 Å². The molecule has 0 saturated heterocycles. The molecule has 0 bridgehead atoms. The Balaban J connectivity index is 1.07. The van der Waals surface area contributed by atoms with E-state index >= 15 is 0 Å². The SMILES string of the molecule is Cc1sc(C)c2c1N1c3cccc4c3B(c3cc5ccccc5cc3N4c3ccccc3)c3ccc4c(c31)N2c1cccc2c1B4c1cc3ccccc3cc1N2c1ccccc1. The summed E-state index contributed by atoms with van der Waals surface area (Å²) in [4.78, 5) is 13.1. The van der Waals surface area contributed by atoms with Crippen LogP contribution in [0.25, 0.3) is 21.5 Å². The van der Waals surface area contributed by atoms with Crippen LogP contribution in [0.4, 0.5) is 68.2 Å². The Hall–Kier alpha value is -7.47. The largest absolute Gasteiger partial charge is 0.311 e. The zero-order chi connectivity index (χ0) is 41.2. The lowest BCUT2D eigenvalue weighted by molar-refractivity contribution is 1.17. The molecule has 5 aliphatic rings. The van der Waals surface area contributed by atoms with Crippen LogP contribution in [0.2, 0.25) is 0 Å². The van der Waals surface area contributed by atoms with Gasteiger partial charge in [-0.1, -0.05) is 121 Å². The summed E-state index contributed by atoms with van der Waals surface area (Å²) in [6, 6.07) is 68.6. The summed E-state index contributed by atoms with van der Waals surface area (Å²) in [6.45, 7) is 4.71. The summed E-state index contributed by atoms with van der Waals surface area (Å²) < 4.78 is 0. The van der Waals surface area contributed by atoms with Crippen molar-refractivity contribution in [1.29, 1.82) is 0 Å². The van der Waals surface area contributed by atoms with Crippen molar-refractivity contribution in [2.45, 2.75) is 13.8 Å². The van der Waals surface area contributed by atoms with Gasteiger partial charge in [-0.05, 0) is 129 Å². The number of anilines is 12. The van der Waals surface area contributed by atoms with Crippen LogP contribution in [-0.4, -0.2) is 13.4 Å². The summed E-state index contributed by atoms with van der Waals surface area (Å²) in [7, 11) is 0. The van der Waals surface area contributed by atoms with Crippen molar-refractivity contribution in [2.75, 3.05) is 19.6 Å². The molecule has 9 aromatic carbocycles. The molecule has 0 spiro atoms. The molecule has 10 aromatic rings. The first-order valence-electron chi connectivity index (χ1n) is 22.0. The van der Waals surface area contributed by atoms with Gasteiger partial charge in [0.2, 0.25) is 0 Å². The number of hydrogen-bond donors (Lipinski definition) is 0. The van der Waals surface area contributed by atoms with Gasteiger partial charge in [-0.3, -0.25) is 0 Å². The molecule has 6 heterocycles. The average molecular weight is 819 g/mol. The van der Waals surface area contributed by atoms with E-state index in [4.69, 9.17) is 0 Å². The van der Waals surface area contributed by atoms with Gasteiger partial charge in [0.15, 0.2) is 0 Å². The van der Waals surface area contributed by atoms with E-state index in [9.17, 15) is 0 Å². The zero-order valence-electron chi connectivity index (χ0n) is 34.7. The first-order valence-corrected chi connectivity index (χ1v) is 22.8. The molecule has 0 atom stereocenters. The molecule has 5 aliphatic heterocycles. The Morgan fingerprint density at radius 3 is 1.10 bits per heavy atom. The molecule has 0 unspecified atom stereocenters. The van der Waals surface area contributed by atoms with Crippen LogP contribution in [0.5, 0.6) is 0 Å². The number of fused-ring (bicyclic) bond motifs is 13. The van der Waals surface area contributed by atoms with Crippen LogP contribution < -0.4 is 52.4 Å². The lowest BCUT2D eigenvalue weighted by atomic mass is 9.31. The van der Waals surface area contributed by atoms with Gasteiger partial charge in [0.1, 0.15) is 0 Å². The molecule has 15 rings (SSSR count). The Morgan fingerprint density at radius 2 is 0.683 bits per heavy atom. The van der Waals surface area contributed by atoms with Gasteiger partial charge >= 0.3 is 0 Å². The molecule has 1 aromatic heterocycles. The van der Waals surface area contributed by atoms with Crippen molar-refractivity contribution in [1.82, 2.24) is 0 Å². The molecule has 4 nitrogen and oxygen atoms in total. The normalized spacial score (nSPS) is 14.3. The van der Waals surface area contributed by atoms with E-state index in [1.807, 2.05) is 11.3 Å². The summed E-state index contributed by atoms with van der Waals surface area (Å²) >= 11 is 1.92. The quantitative estimate of drug-likeness (QED) is 0.161. The van der Waals surface area contributed by atoms with Crippen molar-refractivity contribution in [3.05, 3.63) is 192 Å². The van der Waals surface area contributed by atoms with Crippen LogP contribution >= 0.6 is 11.3 Å². The highest BCUT2D eigenvalue weighted by Gasteiger charge is 2.52. The highest BCUT2D eigenvalue weighted by atomic mass is 32.1. The smallest absolute Gasteiger partial charge is 0.252 e. The van der Waals surface area contributed by atoms with E-state index in [0.29, 0.717) is 0 Å². The molecular formula is C56H36B2N4S. The van der Waals surface area contributed by atoms with Gasteiger partial charge in [0.05, 0.1) is 22.7 Å². The summed E-state index contributed by atoms with van der Waals surface area (Å²) in [5.41, 5.74) is 23.2. The van der Waals surface area contributed by atoms with Crippen LogP contribution in [0, 0.1) is 13.8 Å². The highest BCUT2D eigenvalue weighted by molar-refractivity contribution is 7.13. The van der Waals surface area contributed by atoms with Crippen LogP contribution in [0.1, 0.15) is 9.75 Å². The minimum atomic E-state index is 0.0275. The number of nitrogens with zero attached hydrogens (tertiary/aromatic N) is 4. The first-order chi connectivity index (χ1) is 31.1. The molecule has 292 valence electrons. The van der Waals surface area contributed by atoms with Crippen molar-refractivity contribution in [3.63, 3.8) is 0 Å². The predicted octanol–water partition coefficient (Wildman–Crippen LogP) is 11.1. The number of aryl methyl sites for hydroxylation is 2. The van der Waals surface area contributed by atoms with Gasteiger partial charge < -0.3 is 19.6 Å². The van der Waals surface area contributed by atoms with Gasteiger partial charge in [-0.25, -0.2) is 0 Å². The Bertz CT molecular complexity index is 3420. The molecule has 0 aliphatic carbocycles. The topological polar surface area (TPSA) is 13.0 Å². The van der Waals surface area contributed by atoms with E-state index in [2.05, 4.69) is 215 Å². The molecule has 0 fully saturated rings. The van der Waals surface area contributed by atoms with E-state index in [-0.39, 0.29) is 13.4 Å². The summed E-state index contributed by atoms with van der Waals surface area (Å²) in [6.07, 6.45) is 0. The van der Waals surface area contributed by atoms with Crippen molar-refractivity contribution >= 4 is 147 Å². The molecule has 0 saturated carbocycles. The maximum absolute atomic E-state index is 2.68. The fourth-order valence-electron chi connectivity index (χ4n) is 12.2. The lowest BCUT2D eigenvalue weighted by Crippen LogP contribution is -2.65. The second kappa shape index (κ2) is 12.1. The molecule has 63 heavy (non-hydrogen) atoms. The summed E-state index contributed by atoms with van der Waals surface area (Å²) in [5, 5.41) is 5.04. The van der Waals surface area contributed by atoms with Crippen molar-refractivity contribution in [2.24, 2.45) is 0 Å². The predicted molar refractivity (Wildman–Crippen MR) is 270 cm³/mol. The van der Waals surface area contributed by atoms with Crippen LogP contribution in [0.3, 0.4) is 0 Å². The lowest BCUT2D eigenvalue weighted by Gasteiger charge is -2.51. The Morgan fingerprint density at radius 1 is 0.317 bits per heavy atom. The minimum Gasteiger partial charge on any atom is -0.311 e. The minimum absolute atomic E-state index is 0.0275. The number of benzene rings is 9. The second-order valence-corrected chi connectivity index (χ2v) is 19.1. The Labute approximate surface area is 370 Å². The standard InChI is InChI=1S/C56H36B2N4S/c1-33-53-54(34(2)63-33)62-48-26-14-24-46-52(48)58(44-30-36-16-10-12-18-38(36)32-50(44)60(46)40-21-7-4-8-22-40)42-28-27-41-55(56(42)62)61(53)47-25-13-23-45-51(47)57(41)43-29-35-15-9-11-17-37(35)31-49(43)59(45)39-19-5-3-6-20-39/h3-32H,1-2H3. The maximum Gasteiger partial charge on any atom is 0.252 e. The second-order valence-electron chi connectivity index (χ2n) is 17.7. The average Bonchev–Trinajstić information content (AvgIpc) is 3.63. The third kappa shape index (κ3) is 4.28. The molecular weight excluding hydrogens is 782 g/mol. The van der Waals surface area contributed by atoms with E-state index in [1.165, 1.54) is 132 Å². The fraction of sp³-hybridized carbons (Fsp3) is 0.0357. The van der Waals surface area contributed by atoms with Gasteiger partial charge in [-0.2, -0.15) is 0 Å². The first kappa shape index (κ1) is 34.2. The number of thiophene rings is 1. The fourth-order valence-corrected chi connectivity index (χ4v) is 13.2. The van der Waals surface area contributed by atoms with E-state index < -0.39 is 0 Å². The van der Waals surface area contributed by atoms with Gasteiger partial charge in [-0.15, -0.1) is 11.3 Å². The molecule has 0 radical (unpaired) electrons. The summed E-state index contributed by atoms with van der Waals surface area (Å²) in [5.74, 6) is 0. The molecule has 0 amide bonds. The third-order valence-electron chi connectivity index (χ3n) is 14.5. The van der Waals surface area contributed by atoms with E-state index in [0.717, 1.165) is 0 Å². The maximum atomic E-state index is 2.68. The van der Waals surface area contributed by atoms with Gasteiger partial charge in [0, 0.05) is 55.3 Å². The van der Waals surface area contributed by atoms with Crippen molar-refractivity contribution in [3.8, 4) is 0 Å². The van der Waals surface area contributed by atoms with Gasteiger partial charge in [0.25, 0.3) is 13.4 Å². The van der Waals surface area contributed by atoms with E-state index in [1.54, 1.807) is 0 Å². The highest BCUT2D eigenvalue weighted by Crippen LogP contribution is 2.60.